The Morgan fingerprint density at radius 1 is 0.273 bits per heavy atom. The molecule has 6 atom stereocenters. The molecule has 3 aliphatic rings. The Balaban J connectivity index is 0.000000168. The maximum absolute atomic E-state index is 11.5. The van der Waals surface area contributed by atoms with Crippen LogP contribution >= 0.6 is 93.2 Å². The van der Waals surface area contributed by atoms with Gasteiger partial charge in [0.05, 0.1) is 35.0 Å². The highest BCUT2D eigenvalue weighted by Crippen LogP contribution is 2.51. The third-order valence-electron chi connectivity index (χ3n) is 26.3. The molecule has 0 aliphatic heterocycles. The van der Waals surface area contributed by atoms with Crippen LogP contribution in [0.15, 0.2) is 203 Å². The molecule has 3 saturated carbocycles. The summed E-state index contributed by atoms with van der Waals surface area (Å²) in [5.41, 5.74) is 18.5. The van der Waals surface area contributed by atoms with Crippen LogP contribution in [0.2, 0.25) is 0 Å². The quantitative estimate of drug-likeness (QED) is 0.0340. The molecule has 6 aromatic carbocycles. The van der Waals surface area contributed by atoms with Crippen molar-refractivity contribution < 1.29 is 39.5 Å². The first kappa shape index (κ1) is 102. The molecular weight excluding hydrogens is 1780 g/mol. The van der Waals surface area contributed by atoms with Crippen LogP contribution < -0.4 is 0 Å². The Labute approximate surface area is 823 Å². The summed E-state index contributed by atoms with van der Waals surface area (Å²) in [6.07, 6.45) is 33.7. The molecule has 10 nitrogen and oxygen atoms in total. The van der Waals surface area contributed by atoms with Crippen LogP contribution in [0.5, 0.6) is 34.5 Å². The first-order valence-corrected chi connectivity index (χ1v) is 56.1. The molecule has 0 spiro atoms. The van der Waals surface area contributed by atoms with Gasteiger partial charge in [-0.25, -0.2) is 0 Å². The lowest BCUT2D eigenvalue weighted by Crippen LogP contribution is -2.22. The molecule has 0 saturated heterocycles. The Bertz CT molecular complexity index is 4740. The summed E-state index contributed by atoms with van der Waals surface area (Å²) < 4.78 is 15.5. The van der Waals surface area contributed by atoms with Crippen molar-refractivity contribution in [3.8, 4) is 89.4 Å². The fourth-order valence-corrected chi connectivity index (χ4v) is 28.5. The average Bonchev–Trinajstić information content (AvgIpc) is 1.66. The lowest BCUT2D eigenvalue weighted by Gasteiger charge is -2.30. The summed E-state index contributed by atoms with van der Waals surface area (Å²) in [6.45, 7) is 40.2. The maximum atomic E-state index is 11.5. The zero-order valence-electron chi connectivity index (χ0n) is 81.6. The minimum Gasteiger partial charge on any atom is -0.507 e. The van der Waals surface area contributed by atoms with Gasteiger partial charge in [0.2, 0.25) is 0 Å². The van der Waals surface area contributed by atoms with Gasteiger partial charge in [-0.15, -0.1) is 22.7 Å². The summed E-state index contributed by atoms with van der Waals surface area (Å²) in [7, 11) is 0. The number of phenolic OH excluding ortho intramolecular Hbond substituents is 6. The van der Waals surface area contributed by atoms with Crippen LogP contribution in [0.3, 0.4) is 0 Å². The number of aromatic hydroxyl groups is 6. The minimum absolute atomic E-state index is 0.00328. The van der Waals surface area contributed by atoms with E-state index in [2.05, 4.69) is 232 Å². The molecular formula is C114H146N2O8S8. The van der Waals surface area contributed by atoms with Gasteiger partial charge >= 0.3 is 0 Å². The second-order valence-corrected chi connectivity index (χ2v) is 52.1. The molecule has 0 unspecified atom stereocenters. The van der Waals surface area contributed by atoms with E-state index < -0.39 is 0 Å². The van der Waals surface area contributed by atoms with Gasteiger partial charge in [-0.1, -0.05) is 250 Å². The highest BCUT2D eigenvalue weighted by Gasteiger charge is 2.34. The number of thioether (sulfide) groups is 6. The van der Waals surface area contributed by atoms with Gasteiger partial charge in [-0.3, -0.25) is 0 Å². The van der Waals surface area contributed by atoms with Crippen molar-refractivity contribution in [3.05, 3.63) is 260 Å². The smallest absolute Gasteiger partial charge is 0.143 e. The van der Waals surface area contributed by atoms with Gasteiger partial charge in [0.15, 0.2) is 0 Å². The number of benzene rings is 6. The van der Waals surface area contributed by atoms with Crippen LogP contribution in [0, 0.1) is 0 Å². The molecule has 6 N–H and O–H groups in total. The van der Waals surface area contributed by atoms with E-state index in [0.717, 1.165) is 111 Å². The summed E-state index contributed by atoms with van der Waals surface area (Å²) in [5, 5.41) is 75.8. The number of aromatic nitrogens is 2. The number of phenols is 6. The second kappa shape index (κ2) is 45.4. The number of thiophene rings is 2. The van der Waals surface area contributed by atoms with Gasteiger partial charge < -0.3 is 48.6 Å². The van der Waals surface area contributed by atoms with Crippen LogP contribution in [0.25, 0.3) is 54.9 Å². The van der Waals surface area contributed by atoms with Crippen molar-refractivity contribution in [2.75, 3.05) is 0 Å². The van der Waals surface area contributed by atoms with E-state index in [0.29, 0.717) is 77.5 Å². The first-order chi connectivity index (χ1) is 62.7. The molecule has 132 heavy (non-hydrogen) atoms. The minimum atomic E-state index is -0.0504. The van der Waals surface area contributed by atoms with Crippen molar-refractivity contribution >= 4 is 93.2 Å². The van der Waals surface area contributed by atoms with Gasteiger partial charge in [0, 0.05) is 145 Å². The first-order valence-electron chi connectivity index (χ1n) is 48.0. The van der Waals surface area contributed by atoms with E-state index >= 15 is 0 Å². The molecule has 3 aliphatic carbocycles. The van der Waals surface area contributed by atoms with E-state index in [1.807, 2.05) is 153 Å². The molecule has 708 valence electrons. The van der Waals surface area contributed by atoms with Crippen molar-refractivity contribution in [2.24, 2.45) is 0 Å². The average molecular weight is 1930 g/mol. The lowest BCUT2D eigenvalue weighted by molar-refractivity contribution is 0.465. The molecule has 15 rings (SSSR count). The Morgan fingerprint density at radius 2 is 0.500 bits per heavy atom. The van der Waals surface area contributed by atoms with Crippen molar-refractivity contribution in [1.82, 2.24) is 9.13 Å². The number of hydrogen-bond donors (Lipinski definition) is 6. The number of hydrogen-bond acceptors (Lipinski definition) is 16. The van der Waals surface area contributed by atoms with Gasteiger partial charge in [-0.2, -0.15) is 70.6 Å². The third kappa shape index (κ3) is 27.0. The molecule has 0 bridgehead atoms. The molecule has 0 radical (unpaired) electrons. The molecule has 6 heterocycles. The second-order valence-electron chi connectivity index (χ2n) is 42.8. The molecule has 3 fully saturated rings. The SMILES string of the molecule is CC(C)(C)c1cc(CS[C@H]2CCCCCC[C@@H]2SCc2cc(C(C)(C)C)cc(-c3ccco3)c2O)c(O)c(-c2ccco2)c1.CC(C)(C)c1cc(CS[C@H]2CCCCCC[C@@H]2SCc2cc(C(C)(C)C)cc(-c3cccs3)c2O)c(O)c(-c2cccs2)c1.CC(C)(C)c1cc(CS[C@H]2CCCCCC[C@@H]2SCc2cc(C(C)(C)C)cc(-n3cccc3)c2O)c(O)c(-n2cccc2)c1. The Morgan fingerprint density at radius 3 is 0.720 bits per heavy atom. The van der Waals surface area contributed by atoms with Crippen LogP contribution in [0.4, 0.5) is 0 Å². The van der Waals surface area contributed by atoms with Crippen LogP contribution in [-0.4, -0.2) is 71.3 Å². The third-order valence-corrected chi connectivity index (χ3v) is 37.5. The standard InChI is InChI=1S/C38H50N2O2S2.C38H48O4S2.C38H48O2S4/c1-37(2,3)29-21-27(35(41)31(23-29)39-17-11-12-18-39)25-43-33-15-9-7-8-10-16-34(33)44-26-28-22-30(38(4,5)6)24-32(36(28)42)40-19-13-14-20-40;1-37(2,3)27-19-25(35(39)29(21-27)31-13-11-17-41-31)23-43-33-15-9-7-8-10-16-34(33)44-24-26-20-28(38(4,5)6)22-30(36(26)40)32-14-12-18-42-32;1-37(2,3)27-19-25(35(39)29(21-27)31-15-11-17-41-31)23-43-33-13-9-7-8-10-14-34(33)44-24-26-20-28(38(4,5)6)22-30(36(26)40)32-16-12-18-42-32/h11-14,17-24,33-34,41-42H,7-10,15-16,25-26H2,1-6H3;11-14,17-22,33-34,39-40H,7-10,15-16,23-24H2,1-6H3;11-12,15-22,33-34,39-40H,7-10,13-14,23-24H2,1-6H3/t3*33-,34-/m000/s1. The number of nitrogens with zero attached hydrogens (tertiary/aromatic N) is 2. The van der Waals surface area contributed by atoms with Crippen molar-refractivity contribution in [3.63, 3.8) is 0 Å². The fourth-order valence-electron chi connectivity index (χ4n) is 17.8. The molecule has 0 amide bonds. The lowest BCUT2D eigenvalue weighted by atomic mass is 9.84. The summed E-state index contributed by atoms with van der Waals surface area (Å²) in [4.78, 5) is 2.25. The van der Waals surface area contributed by atoms with Gasteiger partial charge in [-0.05, 0) is 212 Å². The molecule has 18 heteroatoms. The zero-order valence-corrected chi connectivity index (χ0v) is 88.1. The zero-order chi connectivity index (χ0) is 94.5. The monoisotopic (exact) mass is 1930 g/mol. The van der Waals surface area contributed by atoms with E-state index in [4.69, 9.17) is 8.83 Å². The maximum Gasteiger partial charge on any atom is 0.143 e. The number of rotatable bonds is 24. The highest BCUT2D eigenvalue weighted by atomic mass is 32.2. The number of furan rings is 2. The topological polar surface area (TPSA) is 158 Å². The normalized spacial score (nSPS) is 18.2. The van der Waals surface area contributed by atoms with E-state index in [1.165, 1.54) is 149 Å². The molecule has 6 aromatic heterocycles. The van der Waals surface area contributed by atoms with Crippen molar-refractivity contribution in [2.45, 2.75) is 339 Å². The fraction of sp³-hybridized carbons (Fsp3) is 0.474. The van der Waals surface area contributed by atoms with E-state index in [9.17, 15) is 30.6 Å². The van der Waals surface area contributed by atoms with Crippen molar-refractivity contribution in [1.29, 1.82) is 0 Å². The van der Waals surface area contributed by atoms with E-state index in [1.54, 1.807) is 35.2 Å². The Hall–Kier alpha value is -7.26. The predicted octanol–water partition coefficient (Wildman–Crippen LogP) is 34.4. The molecule has 12 aromatic rings. The van der Waals surface area contributed by atoms with Crippen LogP contribution in [-0.2, 0) is 67.0 Å². The summed E-state index contributed by atoms with van der Waals surface area (Å²) >= 11 is 15.4. The van der Waals surface area contributed by atoms with Gasteiger partial charge in [0.25, 0.3) is 0 Å². The Kier molecular flexibility index (Phi) is 35.1. The largest absolute Gasteiger partial charge is 0.507 e. The summed E-state index contributed by atoms with van der Waals surface area (Å²) in [5.74, 6) is 8.38. The predicted molar refractivity (Wildman–Crippen MR) is 575 cm³/mol. The van der Waals surface area contributed by atoms with Crippen LogP contribution in [0.1, 0.15) is 307 Å². The van der Waals surface area contributed by atoms with E-state index in [-0.39, 0.29) is 32.5 Å². The summed E-state index contributed by atoms with van der Waals surface area (Å²) in [6, 6.07) is 50.0. The highest BCUT2D eigenvalue weighted by molar-refractivity contribution is 8.04. The van der Waals surface area contributed by atoms with Gasteiger partial charge in [0.1, 0.15) is 46.0 Å².